The zero-order chi connectivity index (χ0) is 54.3. The maximum atomic E-state index is 12.8. The normalized spacial score (nSPS) is 13.1. The third-order valence-electron chi connectivity index (χ3n) is 12.7. The standard InChI is InChI=1S/C69H112O6/c1-4-7-10-13-16-19-21-23-25-27-29-30-31-32-33-34-35-36-37-38-40-41-43-45-47-50-53-56-59-62-68(71)74-65-66(64-73-67(70)61-58-55-52-49-18-15-12-9-6-3)75-69(72)63-60-57-54-51-48-46-44-42-39-28-26-24-22-20-17-14-11-8-5-2/h7-8,10-11,16-17,19-20,23-26,29-30,32-33,39,42,46,48,54,57,66H,4-6,9,12-15,18,21-22,27-28,31,34-38,40-41,43-45,47,49-53,55-56,58-65H2,1-3H3/b10-7-,11-8-,19-16-,20-17-,25-23-,26-24-,30-29-,33-32-,42-39-,48-46-,57-54-. The van der Waals surface area contributed by atoms with Gasteiger partial charge in [-0.25, -0.2) is 0 Å². The molecule has 0 rings (SSSR count). The summed E-state index contributed by atoms with van der Waals surface area (Å²) in [6.07, 6.45) is 87.7. The molecule has 0 spiro atoms. The zero-order valence-electron chi connectivity index (χ0n) is 48.5. The van der Waals surface area contributed by atoms with Crippen LogP contribution >= 0.6 is 0 Å². The molecule has 1 unspecified atom stereocenters. The molecule has 0 saturated carbocycles. The summed E-state index contributed by atoms with van der Waals surface area (Å²) in [7, 11) is 0. The smallest absolute Gasteiger partial charge is 0.306 e. The van der Waals surface area contributed by atoms with Crippen LogP contribution in [0.4, 0.5) is 0 Å². The van der Waals surface area contributed by atoms with E-state index in [2.05, 4.69) is 148 Å². The van der Waals surface area contributed by atoms with Crippen LogP contribution in [-0.2, 0) is 28.6 Å². The van der Waals surface area contributed by atoms with Gasteiger partial charge in [-0.2, -0.15) is 0 Å². The second kappa shape index (κ2) is 62.1. The van der Waals surface area contributed by atoms with E-state index >= 15 is 0 Å². The quantitative estimate of drug-likeness (QED) is 0.0261. The molecule has 0 bridgehead atoms. The van der Waals surface area contributed by atoms with E-state index in [0.29, 0.717) is 19.3 Å². The number of hydrogen-bond acceptors (Lipinski definition) is 6. The van der Waals surface area contributed by atoms with Gasteiger partial charge in [0.1, 0.15) is 13.2 Å². The Morgan fingerprint density at radius 3 is 0.867 bits per heavy atom. The predicted octanol–water partition coefficient (Wildman–Crippen LogP) is 21.0. The van der Waals surface area contributed by atoms with Gasteiger partial charge in [-0.1, -0.05) is 276 Å². The summed E-state index contributed by atoms with van der Waals surface area (Å²) in [6, 6.07) is 0. The van der Waals surface area contributed by atoms with Crippen LogP contribution in [0.5, 0.6) is 0 Å². The maximum absolute atomic E-state index is 12.8. The van der Waals surface area contributed by atoms with Crippen LogP contribution in [-0.4, -0.2) is 37.2 Å². The highest BCUT2D eigenvalue weighted by Gasteiger charge is 2.19. The van der Waals surface area contributed by atoms with E-state index in [-0.39, 0.29) is 31.6 Å². The maximum Gasteiger partial charge on any atom is 0.306 e. The van der Waals surface area contributed by atoms with Gasteiger partial charge in [-0.05, 0) is 103 Å². The van der Waals surface area contributed by atoms with Gasteiger partial charge in [0.25, 0.3) is 0 Å². The highest BCUT2D eigenvalue weighted by molar-refractivity contribution is 5.71. The van der Waals surface area contributed by atoms with Crippen LogP contribution in [0.1, 0.15) is 265 Å². The molecule has 0 saturated heterocycles. The van der Waals surface area contributed by atoms with Gasteiger partial charge in [0.05, 0.1) is 0 Å². The predicted molar refractivity (Wildman–Crippen MR) is 325 cm³/mol. The average molecular weight is 1040 g/mol. The van der Waals surface area contributed by atoms with Gasteiger partial charge < -0.3 is 14.2 Å². The monoisotopic (exact) mass is 1040 g/mol. The van der Waals surface area contributed by atoms with Gasteiger partial charge in [0, 0.05) is 19.3 Å². The molecule has 0 amide bonds. The molecular weight excluding hydrogens is 925 g/mol. The average Bonchev–Trinajstić information content (AvgIpc) is 3.41. The zero-order valence-corrected chi connectivity index (χ0v) is 48.5. The van der Waals surface area contributed by atoms with Crippen molar-refractivity contribution in [3.05, 3.63) is 134 Å². The number of allylic oxidation sites excluding steroid dienone is 22. The Balaban J connectivity index is 4.28. The second-order valence-corrected chi connectivity index (χ2v) is 19.9. The minimum Gasteiger partial charge on any atom is -0.462 e. The Bertz CT molecular complexity index is 1620. The Morgan fingerprint density at radius 2 is 0.547 bits per heavy atom. The minimum atomic E-state index is -0.820. The van der Waals surface area contributed by atoms with Crippen LogP contribution in [0.25, 0.3) is 0 Å². The third-order valence-corrected chi connectivity index (χ3v) is 12.7. The van der Waals surface area contributed by atoms with Crippen LogP contribution < -0.4 is 0 Å². The van der Waals surface area contributed by atoms with Gasteiger partial charge in [0.2, 0.25) is 0 Å². The van der Waals surface area contributed by atoms with Crippen molar-refractivity contribution in [3.8, 4) is 0 Å². The summed E-state index contributed by atoms with van der Waals surface area (Å²) < 4.78 is 16.8. The van der Waals surface area contributed by atoms with Crippen molar-refractivity contribution in [2.45, 2.75) is 271 Å². The Kier molecular flexibility index (Phi) is 58.4. The highest BCUT2D eigenvalue weighted by Crippen LogP contribution is 2.15. The molecule has 0 N–H and O–H groups in total. The molecule has 6 nitrogen and oxygen atoms in total. The van der Waals surface area contributed by atoms with Gasteiger partial charge in [-0.15, -0.1) is 0 Å². The van der Waals surface area contributed by atoms with E-state index in [4.69, 9.17) is 14.2 Å². The van der Waals surface area contributed by atoms with E-state index in [1.807, 2.05) is 6.08 Å². The lowest BCUT2D eigenvalue weighted by Crippen LogP contribution is -2.30. The number of unbranched alkanes of at least 4 members (excludes halogenated alkanes) is 21. The number of esters is 3. The molecule has 0 aromatic heterocycles. The number of carbonyl (C=O) groups excluding carboxylic acids is 3. The molecule has 0 aromatic carbocycles. The van der Waals surface area contributed by atoms with E-state index in [1.165, 1.54) is 109 Å². The molecular formula is C69H112O6. The molecule has 0 radical (unpaired) electrons. The van der Waals surface area contributed by atoms with Crippen molar-refractivity contribution in [2.24, 2.45) is 0 Å². The van der Waals surface area contributed by atoms with Crippen LogP contribution in [0.2, 0.25) is 0 Å². The van der Waals surface area contributed by atoms with Crippen molar-refractivity contribution >= 4 is 17.9 Å². The molecule has 0 aromatic rings. The van der Waals surface area contributed by atoms with Gasteiger partial charge >= 0.3 is 17.9 Å². The summed E-state index contributed by atoms with van der Waals surface area (Å²) in [5, 5.41) is 0. The van der Waals surface area contributed by atoms with Crippen molar-refractivity contribution < 1.29 is 28.6 Å². The molecule has 1 atom stereocenters. The summed E-state index contributed by atoms with van der Waals surface area (Å²) in [6.45, 7) is 6.33. The number of hydrogen-bond donors (Lipinski definition) is 0. The first-order valence-corrected chi connectivity index (χ1v) is 30.7. The number of ether oxygens (including phenoxy) is 3. The lowest BCUT2D eigenvalue weighted by molar-refractivity contribution is -0.166. The molecule has 75 heavy (non-hydrogen) atoms. The van der Waals surface area contributed by atoms with E-state index in [1.54, 1.807) is 0 Å². The van der Waals surface area contributed by atoms with Gasteiger partial charge in [-0.3, -0.25) is 14.4 Å². The fraction of sp³-hybridized carbons (Fsp3) is 0.638. The molecule has 0 aliphatic heterocycles. The summed E-state index contributed by atoms with van der Waals surface area (Å²) in [4.78, 5) is 38.1. The number of rotatable bonds is 54. The second-order valence-electron chi connectivity index (χ2n) is 19.9. The van der Waals surface area contributed by atoms with Crippen molar-refractivity contribution in [1.29, 1.82) is 0 Å². The van der Waals surface area contributed by atoms with Crippen LogP contribution in [0, 0.1) is 0 Å². The first-order chi connectivity index (χ1) is 37.0. The first-order valence-electron chi connectivity index (χ1n) is 30.7. The van der Waals surface area contributed by atoms with Crippen molar-refractivity contribution in [1.82, 2.24) is 0 Å². The summed E-state index contributed by atoms with van der Waals surface area (Å²) in [5.74, 6) is -0.999. The Hall–Kier alpha value is -4.45. The lowest BCUT2D eigenvalue weighted by Gasteiger charge is -2.18. The highest BCUT2D eigenvalue weighted by atomic mass is 16.6. The topological polar surface area (TPSA) is 78.9 Å². The largest absolute Gasteiger partial charge is 0.462 e. The fourth-order valence-corrected chi connectivity index (χ4v) is 8.14. The molecule has 0 aliphatic rings. The first kappa shape index (κ1) is 70.5. The van der Waals surface area contributed by atoms with Gasteiger partial charge in [0.15, 0.2) is 6.10 Å². The van der Waals surface area contributed by atoms with Crippen molar-refractivity contribution in [3.63, 3.8) is 0 Å². The minimum absolute atomic E-state index is 0.110. The Labute approximate surface area is 462 Å². The molecule has 6 heteroatoms. The van der Waals surface area contributed by atoms with Crippen molar-refractivity contribution in [2.75, 3.05) is 13.2 Å². The molecule has 0 aliphatic carbocycles. The third kappa shape index (κ3) is 60.3. The van der Waals surface area contributed by atoms with E-state index in [0.717, 1.165) is 109 Å². The number of carbonyl (C=O) groups is 3. The van der Waals surface area contributed by atoms with Crippen LogP contribution in [0.15, 0.2) is 134 Å². The summed E-state index contributed by atoms with van der Waals surface area (Å²) in [5.41, 5.74) is 0. The SMILES string of the molecule is CC/C=C\C/C=C\C/C=C\C/C=C\C/C=C\C/C=C\CCC(=O)OC(COC(=O)CCCCCCCCCCC)COC(=O)CCCCCCCCCCCCCCC/C=C\C/C=C\C/C=C\C/C=C\C/C=C\CC. The fourth-order valence-electron chi connectivity index (χ4n) is 8.14. The van der Waals surface area contributed by atoms with E-state index in [9.17, 15) is 14.4 Å². The molecule has 0 heterocycles. The molecule has 0 fully saturated rings. The Morgan fingerprint density at radius 1 is 0.280 bits per heavy atom. The summed E-state index contributed by atoms with van der Waals surface area (Å²) >= 11 is 0. The van der Waals surface area contributed by atoms with E-state index < -0.39 is 12.1 Å². The van der Waals surface area contributed by atoms with Crippen LogP contribution in [0.3, 0.4) is 0 Å². The lowest BCUT2D eigenvalue weighted by atomic mass is 10.0. The molecule has 424 valence electrons.